The highest BCUT2D eigenvalue weighted by Crippen LogP contribution is 2.31. The number of carbonyl (C=O) groups excluding carboxylic acids is 1. The van der Waals surface area contributed by atoms with Gasteiger partial charge in [-0.05, 0) is 50.3 Å². The van der Waals surface area contributed by atoms with E-state index in [1.807, 2.05) is 32.0 Å². The lowest BCUT2D eigenvalue weighted by atomic mass is 9.78. The lowest BCUT2D eigenvalue weighted by Crippen LogP contribution is -2.27. The van der Waals surface area contributed by atoms with E-state index in [0.717, 1.165) is 24.0 Å². The Morgan fingerprint density at radius 1 is 1.11 bits per heavy atom. The fourth-order valence-corrected chi connectivity index (χ4v) is 2.78. The SMILES string of the molecule is Cc1ccc(C(=O)C2CCCC(C(=O)O)C2)cc1C. The first-order chi connectivity index (χ1) is 8.99. The van der Waals surface area contributed by atoms with Crippen LogP contribution in [0.4, 0.5) is 0 Å². The van der Waals surface area contributed by atoms with Crippen molar-refractivity contribution in [3.05, 3.63) is 34.9 Å². The Hall–Kier alpha value is -1.64. The smallest absolute Gasteiger partial charge is 0.306 e. The average Bonchev–Trinajstić information content (AvgIpc) is 2.41. The number of rotatable bonds is 3. The van der Waals surface area contributed by atoms with Gasteiger partial charge < -0.3 is 5.11 Å². The maximum atomic E-state index is 12.4. The first kappa shape index (κ1) is 13.8. The maximum Gasteiger partial charge on any atom is 0.306 e. The molecule has 1 fully saturated rings. The van der Waals surface area contributed by atoms with Crippen molar-refractivity contribution in [2.75, 3.05) is 0 Å². The number of benzene rings is 1. The summed E-state index contributed by atoms with van der Waals surface area (Å²) in [5.74, 6) is -1.14. The molecule has 1 aliphatic rings. The van der Waals surface area contributed by atoms with Crippen molar-refractivity contribution in [3.63, 3.8) is 0 Å². The minimum atomic E-state index is -0.766. The second-order valence-corrected chi connectivity index (χ2v) is 5.56. The molecule has 2 unspecified atom stereocenters. The van der Waals surface area contributed by atoms with E-state index in [1.54, 1.807) is 0 Å². The van der Waals surface area contributed by atoms with Crippen LogP contribution in [-0.4, -0.2) is 16.9 Å². The highest BCUT2D eigenvalue weighted by Gasteiger charge is 2.31. The minimum Gasteiger partial charge on any atom is -0.481 e. The van der Waals surface area contributed by atoms with Crippen molar-refractivity contribution in [3.8, 4) is 0 Å². The lowest BCUT2D eigenvalue weighted by Gasteiger charge is -2.25. The summed E-state index contributed by atoms with van der Waals surface area (Å²) in [5.41, 5.74) is 3.00. The van der Waals surface area contributed by atoms with Gasteiger partial charge in [-0.3, -0.25) is 9.59 Å². The molecule has 3 nitrogen and oxygen atoms in total. The standard InChI is InChI=1S/C16H20O3/c1-10-6-7-13(8-11(10)2)15(17)12-4-3-5-14(9-12)16(18)19/h6-8,12,14H,3-5,9H2,1-2H3,(H,18,19). The van der Waals surface area contributed by atoms with Crippen LogP contribution >= 0.6 is 0 Å². The lowest BCUT2D eigenvalue weighted by molar-refractivity contribution is -0.143. The fourth-order valence-electron chi connectivity index (χ4n) is 2.78. The number of carboxylic acid groups (broad SMARTS) is 1. The van der Waals surface area contributed by atoms with Crippen molar-refractivity contribution >= 4 is 11.8 Å². The van der Waals surface area contributed by atoms with Crippen LogP contribution in [0.25, 0.3) is 0 Å². The predicted molar refractivity (Wildman–Crippen MR) is 73.3 cm³/mol. The van der Waals surface area contributed by atoms with Crippen LogP contribution in [0.5, 0.6) is 0 Å². The number of carbonyl (C=O) groups is 2. The molecular formula is C16H20O3. The van der Waals surface area contributed by atoms with Gasteiger partial charge in [-0.1, -0.05) is 18.6 Å². The number of aliphatic carboxylic acids is 1. The summed E-state index contributed by atoms with van der Waals surface area (Å²) in [6.07, 6.45) is 2.83. The molecule has 2 rings (SSSR count). The fraction of sp³-hybridized carbons (Fsp3) is 0.500. The van der Waals surface area contributed by atoms with Crippen LogP contribution in [0.2, 0.25) is 0 Å². The van der Waals surface area contributed by atoms with Crippen LogP contribution in [0, 0.1) is 25.7 Å². The van der Waals surface area contributed by atoms with Crippen LogP contribution in [0.1, 0.15) is 47.2 Å². The van der Waals surface area contributed by atoms with Gasteiger partial charge in [0.15, 0.2) is 5.78 Å². The number of Topliss-reactive ketones (excluding diaryl/α,β-unsaturated/α-hetero) is 1. The van der Waals surface area contributed by atoms with Crippen LogP contribution < -0.4 is 0 Å². The van der Waals surface area contributed by atoms with Gasteiger partial charge in [-0.15, -0.1) is 0 Å². The third-order valence-electron chi connectivity index (χ3n) is 4.19. The van der Waals surface area contributed by atoms with Crippen molar-refractivity contribution in [1.82, 2.24) is 0 Å². The zero-order chi connectivity index (χ0) is 14.0. The molecule has 0 aromatic heterocycles. The van der Waals surface area contributed by atoms with Gasteiger partial charge >= 0.3 is 5.97 Å². The third kappa shape index (κ3) is 3.03. The van der Waals surface area contributed by atoms with Gasteiger partial charge in [-0.2, -0.15) is 0 Å². The summed E-state index contributed by atoms with van der Waals surface area (Å²) in [6, 6.07) is 5.73. The van der Waals surface area contributed by atoms with Gasteiger partial charge in [0.2, 0.25) is 0 Å². The van der Waals surface area contributed by atoms with E-state index in [4.69, 9.17) is 5.11 Å². The molecule has 19 heavy (non-hydrogen) atoms. The molecule has 0 heterocycles. The van der Waals surface area contributed by atoms with E-state index in [0.29, 0.717) is 12.8 Å². The summed E-state index contributed by atoms with van der Waals surface area (Å²) in [4.78, 5) is 23.5. The molecule has 0 aliphatic heterocycles. The van der Waals surface area contributed by atoms with E-state index in [-0.39, 0.29) is 17.6 Å². The van der Waals surface area contributed by atoms with Gasteiger partial charge in [0.05, 0.1) is 5.92 Å². The molecular weight excluding hydrogens is 240 g/mol. The van der Waals surface area contributed by atoms with E-state index in [2.05, 4.69) is 0 Å². The molecule has 1 saturated carbocycles. The maximum absolute atomic E-state index is 12.4. The van der Waals surface area contributed by atoms with Gasteiger partial charge in [0, 0.05) is 11.5 Å². The average molecular weight is 260 g/mol. The third-order valence-corrected chi connectivity index (χ3v) is 4.19. The van der Waals surface area contributed by atoms with Crippen molar-refractivity contribution < 1.29 is 14.7 Å². The Kier molecular flexibility index (Phi) is 4.03. The largest absolute Gasteiger partial charge is 0.481 e. The zero-order valence-electron chi connectivity index (χ0n) is 11.5. The van der Waals surface area contributed by atoms with Crippen LogP contribution in [-0.2, 0) is 4.79 Å². The van der Waals surface area contributed by atoms with E-state index >= 15 is 0 Å². The van der Waals surface area contributed by atoms with Crippen LogP contribution in [0.15, 0.2) is 18.2 Å². The Labute approximate surface area is 113 Å². The molecule has 1 aromatic carbocycles. The molecule has 0 radical (unpaired) electrons. The molecule has 2 atom stereocenters. The molecule has 0 saturated heterocycles. The zero-order valence-corrected chi connectivity index (χ0v) is 11.5. The highest BCUT2D eigenvalue weighted by atomic mass is 16.4. The Balaban J connectivity index is 2.14. The molecule has 102 valence electrons. The van der Waals surface area contributed by atoms with Gasteiger partial charge in [0.25, 0.3) is 0 Å². The minimum absolute atomic E-state index is 0.106. The summed E-state index contributed by atoms with van der Waals surface area (Å²) in [6.45, 7) is 4.01. The molecule has 1 aliphatic carbocycles. The quantitative estimate of drug-likeness (QED) is 0.848. The van der Waals surface area contributed by atoms with E-state index < -0.39 is 5.97 Å². The molecule has 0 spiro atoms. The summed E-state index contributed by atoms with van der Waals surface area (Å²) < 4.78 is 0. The van der Waals surface area contributed by atoms with Gasteiger partial charge in [0.1, 0.15) is 0 Å². The number of hydrogen-bond acceptors (Lipinski definition) is 2. The second kappa shape index (κ2) is 5.55. The highest BCUT2D eigenvalue weighted by molar-refractivity contribution is 5.98. The molecule has 0 bridgehead atoms. The van der Waals surface area contributed by atoms with Crippen LogP contribution in [0.3, 0.4) is 0 Å². The number of carboxylic acids is 1. The van der Waals surface area contributed by atoms with E-state index in [1.165, 1.54) is 5.56 Å². The second-order valence-electron chi connectivity index (χ2n) is 5.56. The summed E-state index contributed by atoms with van der Waals surface area (Å²) in [5, 5.41) is 9.08. The first-order valence-corrected chi connectivity index (χ1v) is 6.83. The predicted octanol–water partition coefficient (Wildman–Crippen LogP) is 3.38. The van der Waals surface area contributed by atoms with Crippen molar-refractivity contribution in [2.24, 2.45) is 11.8 Å². The summed E-state index contributed by atoms with van der Waals surface area (Å²) in [7, 11) is 0. The van der Waals surface area contributed by atoms with Crippen molar-refractivity contribution in [2.45, 2.75) is 39.5 Å². The summed E-state index contributed by atoms with van der Waals surface area (Å²) >= 11 is 0. The topological polar surface area (TPSA) is 54.4 Å². The normalized spacial score (nSPS) is 23.1. The Morgan fingerprint density at radius 2 is 1.79 bits per heavy atom. The monoisotopic (exact) mass is 260 g/mol. The molecule has 3 heteroatoms. The Morgan fingerprint density at radius 3 is 2.42 bits per heavy atom. The molecule has 0 amide bonds. The van der Waals surface area contributed by atoms with Gasteiger partial charge in [-0.25, -0.2) is 0 Å². The van der Waals surface area contributed by atoms with E-state index in [9.17, 15) is 9.59 Å². The Bertz CT molecular complexity index is 505. The van der Waals surface area contributed by atoms with Crippen molar-refractivity contribution in [1.29, 1.82) is 0 Å². The first-order valence-electron chi connectivity index (χ1n) is 6.83. The number of aryl methyl sites for hydroxylation is 2. The molecule has 1 aromatic rings. The number of ketones is 1. The molecule has 1 N–H and O–H groups in total. The number of hydrogen-bond donors (Lipinski definition) is 1.